The van der Waals surface area contributed by atoms with E-state index in [1.54, 1.807) is 0 Å². The minimum Gasteiger partial charge on any atom is -0.396 e. The molecule has 1 heterocycles. The second kappa shape index (κ2) is 4.84. The molecule has 88 valence electrons. The molecule has 1 fully saturated rings. The van der Waals surface area contributed by atoms with Crippen LogP contribution in [-0.4, -0.2) is 27.7 Å². The maximum absolute atomic E-state index is 9.21. The quantitative estimate of drug-likeness (QED) is 0.696. The van der Waals surface area contributed by atoms with Crippen molar-refractivity contribution in [1.29, 1.82) is 0 Å². The topological polar surface area (TPSA) is 84.1 Å². The highest BCUT2D eigenvalue weighted by Gasteiger charge is 2.27. The van der Waals surface area contributed by atoms with Crippen LogP contribution in [0.15, 0.2) is 6.20 Å². The van der Waals surface area contributed by atoms with Crippen molar-refractivity contribution in [3.8, 4) is 0 Å². The van der Waals surface area contributed by atoms with Crippen molar-refractivity contribution < 1.29 is 5.11 Å². The fourth-order valence-corrected chi connectivity index (χ4v) is 2.24. The Morgan fingerprint density at radius 2 is 2.38 bits per heavy atom. The van der Waals surface area contributed by atoms with Gasteiger partial charge >= 0.3 is 0 Å². The highest BCUT2D eigenvalue weighted by Crippen LogP contribution is 2.29. The lowest BCUT2D eigenvalue weighted by Gasteiger charge is -2.20. The number of halogens is 1. The van der Waals surface area contributed by atoms with Crippen molar-refractivity contribution in [2.24, 2.45) is 5.92 Å². The van der Waals surface area contributed by atoms with Gasteiger partial charge in [-0.3, -0.25) is 0 Å². The van der Waals surface area contributed by atoms with E-state index in [4.69, 9.17) is 17.3 Å². The Labute approximate surface area is 99.0 Å². The average molecular weight is 243 g/mol. The van der Waals surface area contributed by atoms with Crippen LogP contribution in [0, 0.1) is 5.92 Å². The smallest absolute Gasteiger partial charge is 0.224 e. The van der Waals surface area contributed by atoms with Crippen molar-refractivity contribution in [2.75, 3.05) is 17.7 Å². The fourth-order valence-electron chi connectivity index (χ4n) is 2.11. The summed E-state index contributed by atoms with van der Waals surface area (Å²) in [5.41, 5.74) is 6.23. The van der Waals surface area contributed by atoms with E-state index in [1.807, 2.05) is 0 Å². The standard InChI is InChI=1S/C10H15ClN4O/c11-10-13-4-7(12)9(15-10)14-8-3-1-2-6(8)5-16/h4,6,8,16H,1-3,5,12H2,(H,13,14,15). The van der Waals surface area contributed by atoms with Crippen LogP contribution in [0.3, 0.4) is 0 Å². The number of rotatable bonds is 3. The predicted molar refractivity (Wildman–Crippen MR) is 63.3 cm³/mol. The highest BCUT2D eigenvalue weighted by atomic mass is 35.5. The monoisotopic (exact) mass is 242 g/mol. The Morgan fingerprint density at radius 1 is 1.56 bits per heavy atom. The molecule has 6 heteroatoms. The van der Waals surface area contributed by atoms with E-state index in [0.29, 0.717) is 11.5 Å². The molecule has 0 saturated heterocycles. The molecule has 0 spiro atoms. The maximum Gasteiger partial charge on any atom is 0.224 e. The van der Waals surface area contributed by atoms with Gasteiger partial charge in [0.15, 0.2) is 5.82 Å². The Balaban J connectivity index is 2.11. The van der Waals surface area contributed by atoms with Gasteiger partial charge in [0.05, 0.1) is 11.9 Å². The zero-order chi connectivity index (χ0) is 11.5. The van der Waals surface area contributed by atoms with Crippen molar-refractivity contribution in [3.05, 3.63) is 11.5 Å². The third-order valence-electron chi connectivity index (χ3n) is 3.00. The number of hydrogen-bond donors (Lipinski definition) is 3. The predicted octanol–water partition coefficient (Wildman–Crippen LogP) is 1.29. The van der Waals surface area contributed by atoms with Gasteiger partial charge in [-0.2, -0.15) is 4.98 Å². The van der Waals surface area contributed by atoms with Crippen LogP contribution in [0.5, 0.6) is 0 Å². The number of aliphatic hydroxyl groups excluding tert-OH is 1. The minimum absolute atomic E-state index is 0.176. The SMILES string of the molecule is Nc1cnc(Cl)nc1NC1CCCC1CO. The van der Waals surface area contributed by atoms with E-state index in [2.05, 4.69) is 15.3 Å². The van der Waals surface area contributed by atoms with E-state index < -0.39 is 0 Å². The summed E-state index contributed by atoms with van der Waals surface area (Å²) in [5, 5.41) is 12.6. The Hall–Kier alpha value is -1.07. The summed E-state index contributed by atoms with van der Waals surface area (Å²) in [5.74, 6) is 0.832. The molecule has 0 aromatic carbocycles. The Morgan fingerprint density at radius 3 is 3.12 bits per heavy atom. The first-order valence-corrected chi connectivity index (χ1v) is 5.74. The van der Waals surface area contributed by atoms with Gasteiger partial charge < -0.3 is 16.2 Å². The molecule has 0 bridgehead atoms. The van der Waals surface area contributed by atoms with Crippen LogP contribution in [0.25, 0.3) is 0 Å². The number of anilines is 2. The van der Waals surface area contributed by atoms with Gasteiger partial charge in [-0.1, -0.05) is 6.42 Å². The number of aromatic nitrogens is 2. The number of nitrogens with two attached hydrogens (primary N) is 1. The summed E-state index contributed by atoms with van der Waals surface area (Å²) in [6.07, 6.45) is 4.65. The van der Waals surface area contributed by atoms with E-state index >= 15 is 0 Å². The molecule has 0 amide bonds. The second-order valence-electron chi connectivity index (χ2n) is 4.07. The Kier molecular flexibility index (Phi) is 3.46. The summed E-state index contributed by atoms with van der Waals surface area (Å²) < 4.78 is 0. The van der Waals surface area contributed by atoms with Gasteiger partial charge in [-0.25, -0.2) is 4.98 Å². The Bertz CT molecular complexity index is 374. The molecule has 2 rings (SSSR count). The molecule has 2 atom stereocenters. The molecule has 16 heavy (non-hydrogen) atoms. The van der Waals surface area contributed by atoms with Crippen molar-refractivity contribution in [2.45, 2.75) is 25.3 Å². The molecule has 1 aliphatic rings. The zero-order valence-corrected chi connectivity index (χ0v) is 9.61. The first-order chi connectivity index (χ1) is 7.70. The lowest BCUT2D eigenvalue weighted by Crippen LogP contribution is -2.27. The second-order valence-corrected chi connectivity index (χ2v) is 4.41. The van der Waals surface area contributed by atoms with E-state index in [9.17, 15) is 5.11 Å². The number of aliphatic hydroxyl groups is 1. The van der Waals surface area contributed by atoms with Crippen LogP contribution < -0.4 is 11.1 Å². The minimum atomic E-state index is 0.176. The molecule has 5 nitrogen and oxygen atoms in total. The van der Waals surface area contributed by atoms with E-state index in [1.165, 1.54) is 6.20 Å². The number of nitrogen functional groups attached to an aromatic ring is 1. The molecule has 1 aromatic heterocycles. The normalized spacial score (nSPS) is 24.6. The molecule has 1 saturated carbocycles. The molecular weight excluding hydrogens is 228 g/mol. The molecule has 0 radical (unpaired) electrons. The third kappa shape index (κ3) is 2.36. The lowest BCUT2D eigenvalue weighted by atomic mass is 10.1. The first kappa shape index (κ1) is 11.4. The van der Waals surface area contributed by atoms with Crippen molar-refractivity contribution >= 4 is 23.1 Å². The summed E-state index contributed by atoms with van der Waals surface area (Å²) in [7, 11) is 0. The first-order valence-electron chi connectivity index (χ1n) is 5.36. The van der Waals surface area contributed by atoms with Crippen LogP contribution in [0.4, 0.5) is 11.5 Å². The third-order valence-corrected chi connectivity index (χ3v) is 3.19. The number of nitrogens with zero attached hydrogens (tertiary/aromatic N) is 2. The maximum atomic E-state index is 9.21. The molecule has 1 aromatic rings. The van der Waals surface area contributed by atoms with Gasteiger partial charge in [0.25, 0.3) is 0 Å². The summed E-state index contributed by atoms with van der Waals surface area (Å²) in [4.78, 5) is 7.83. The molecule has 2 unspecified atom stereocenters. The van der Waals surface area contributed by atoms with Crippen LogP contribution in [0.1, 0.15) is 19.3 Å². The molecular formula is C10H15ClN4O. The number of nitrogens with one attached hydrogen (secondary N) is 1. The lowest BCUT2D eigenvalue weighted by molar-refractivity contribution is 0.222. The van der Waals surface area contributed by atoms with Gasteiger partial charge in [-0.05, 0) is 24.4 Å². The van der Waals surface area contributed by atoms with Gasteiger partial charge in [-0.15, -0.1) is 0 Å². The fraction of sp³-hybridized carbons (Fsp3) is 0.600. The molecule has 1 aliphatic carbocycles. The van der Waals surface area contributed by atoms with Crippen LogP contribution in [0.2, 0.25) is 5.28 Å². The van der Waals surface area contributed by atoms with E-state index in [-0.39, 0.29) is 23.9 Å². The van der Waals surface area contributed by atoms with E-state index in [0.717, 1.165) is 19.3 Å². The van der Waals surface area contributed by atoms with Crippen molar-refractivity contribution in [1.82, 2.24) is 9.97 Å². The highest BCUT2D eigenvalue weighted by molar-refractivity contribution is 6.28. The van der Waals surface area contributed by atoms with Gasteiger partial charge in [0, 0.05) is 18.6 Å². The summed E-state index contributed by atoms with van der Waals surface area (Å²) in [6, 6.07) is 0.221. The zero-order valence-electron chi connectivity index (χ0n) is 8.86. The average Bonchev–Trinajstić information content (AvgIpc) is 2.71. The van der Waals surface area contributed by atoms with Crippen LogP contribution in [-0.2, 0) is 0 Å². The molecule has 0 aliphatic heterocycles. The van der Waals surface area contributed by atoms with Crippen LogP contribution >= 0.6 is 11.6 Å². The summed E-state index contributed by atoms with van der Waals surface area (Å²) >= 11 is 5.71. The van der Waals surface area contributed by atoms with Crippen molar-refractivity contribution in [3.63, 3.8) is 0 Å². The van der Waals surface area contributed by atoms with Gasteiger partial charge in [0.1, 0.15) is 0 Å². The molecule has 4 N–H and O–H groups in total. The van der Waals surface area contributed by atoms with Gasteiger partial charge in [0.2, 0.25) is 5.28 Å². The largest absolute Gasteiger partial charge is 0.396 e. The number of hydrogen-bond acceptors (Lipinski definition) is 5. The summed E-state index contributed by atoms with van der Waals surface area (Å²) in [6.45, 7) is 0.191.